The van der Waals surface area contributed by atoms with Crippen LogP contribution in [0.1, 0.15) is 11.4 Å². The van der Waals surface area contributed by atoms with Crippen molar-refractivity contribution in [1.29, 1.82) is 0 Å². The molecule has 0 saturated heterocycles. The van der Waals surface area contributed by atoms with Gasteiger partial charge >= 0.3 is 0 Å². The summed E-state index contributed by atoms with van der Waals surface area (Å²) < 4.78 is 2.12. The SMILES string of the molecule is Cc1ccc(-c2ccc3cnc(C)n3c2)cc1. The Hall–Kier alpha value is -2.09. The van der Waals surface area contributed by atoms with E-state index in [1.165, 1.54) is 16.7 Å². The summed E-state index contributed by atoms with van der Waals surface area (Å²) in [7, 11) is 0. The fourth-order valence-electron chi connectivity index (χ4n) is 2.04. The third-order valence-electron chi connectivity index (χ3n) is 3.10. The van der Waals surface area contributed by atoms with Gasteiger partial charge in [0.2, 0.25) is 0 Å². The second-order valence-corrected chi connectivity index (χ2v) is 4.38. The lowest BCUT2D eigenvalue weighted by molar-refractivity contribution is 1.05. The van der Waals surface area contributed by atoms with E-state index in [2.05, 4.69) is 58.9 Å². The highest BCUT2D eigenvalue weighted by molar-refractivity contribution is 5.65. The molecule has 0 N–H and O–H groups in total. The van der Waals surface area contributed by atoms with E-state index < -0.39 is 0 Å². The van der Waals surface area contributed by atoms with Crippen molar-refractivity contribution >= 4 is 5.52 Å². The summed E-state index contributed by atoms with van der Waals surface area (Å²) in [6.45, 7) is 4.12. The lowest BCUT2D eigenvalue weighted by atomic mass is 10.1. The van der Waals surface area contributed by atoms with Crippen molar-refractivity contribution in [2.75, 3.05) is 0 Å². The summed E-state index contributed by atoms with van der Waals surface area (Å²) in [6.07, 6.45) is 4.04. The van der Waals surface area contributed by atoms with Gasteiger partial charge in [-0.05, 0) is 31.0 Å². The molecule has 0 aliphatic rings. The van der Waals surface area contributed by atoms with Crippen LogP contribution in [0.25, 0.3) is 16.6 Å². The second-order valence-electron chi connectivity index (χ2n) is 4.38. The molecule has 3 aromatic rings. The summed E-state index contributed by atoms with van der Waals surface area (Å²) in [4.78, 5) is 4.31. The van der Waals surface area contributed by atoms with Gasteiger partial charge in [0.25, 0.3) is 0 Å². The van der Waals surface area contributed by atoms with Gasteiger partial charge in [-0.2, -0.15) is 0 Å². The number of fused-ring (bicyclic) bond motifs is 1. The molecule has 0 bridgehead atoms. The topological polar surface area (TPSA) is 17.3 Å². The van der Waals surface area contributed by atoms with Crippen molar-refractivity contribution in [2.45, 2.75) is 13.8 Å². The number of pyridine rings is 1. The zero-order valence-electron chi connectivity index (χ0n) is 10.0. The van der Waals surface area contributed by atoms with Crippen molar-refractivity contribution in [3.63, 3.8) is 0 Å². The van der Waals surface area contributed by atoms with Gasteiger partial charge in [-0.25, -0.2) is 4.98 Å². The maximum Gasteiger partial charge on any atom is 0.110 e. The molecule has 2 heterocycles. The number of hydrogen-bond acceptors (Lipinski definition) is 1. The van der Waals surface area contributed by atoms with E-state index >= 15 is 0 Å². The highest BCUT2D eigenvalue weighted by atomic mass is 15.0. The normalized spacial score (nSPS) is 10.9. The monoisotopic (exact) mass is 222 g/mol. The molecule has 2 heteroatoms. The fraction of sp³-hybridized carbons (Fsp3) is 0.133. The summed E-state index contributed by atoms with van der Waals surface area (Å²) in [5, 5.41) is 0. The average molecular weight is 222 g/mol. The first-order valence-corrected chi connectivity index (χ1v) is 5.75. The minimum Gasteiger partial charge on any atom is -0.303 e. The lowest BCUT2D eigenvalue weighted by Gasteiger charge is -2.04. The van der Waals surface area contributed by atoms with Crippen LogP contribution >= 0.6 is 0 Å². The molecule has 0 aliphatic heterocycles. The Morgan fingerprint density at radius 1 is 0.882 bits per heavy atom. The van der Waals surface area contributed by atoms with Crippen LogP contribution in [0, 0.1) is 13.8 Å². The molecule has 17 heavy (non-hydrogen) atoms. The van der Waals surface area contributed by atoms with E-state index in [0.29, 0.717) is 0 Å². The molecule has 2 nitrogen and oxygen atoms in total. The van der Waals surface area contributed by atoms with E-state index in [1.807, 2.05) is 13.1 Å². The van der Waals surface area contributed by atoms with Crippen molar-refractivity contribution in [1.82, 2.24) is 9.38 Å². The van der Waals surface area contributed by atoms with E-state index in [1.54, 1.807) is 0 Å². The predicted molar refractivity (Wildman–Crippen MR) is 70.1 cm³/mol. The standard InChI is InChI=1S/C15H14N2/c1-11-3-5-13(6-4-11)14-7-8-15-9-16-12(2)17(15)10-14/h3-10H,1-2H3. The molecule has 0 saturated carbocycles. The number of nitrogens with zero attached hydrogens (tertiary/aromatic N) is 2. The van der Waals surface area contributed by atoms with Crippen molar-refractivity contribution < 1.29 is 0 Å². The van der Waals surface area contributed by atoms with E-state index in [9.17, 15) is 0 Å². The number of aromatic nitrogens is 2. The minimum atomic E-state index is 1.02. The average Bonchev–Trinajstić information content (AvgIpc) is 2.72. The number of rotatable bonds is 1. The fourth-order valence-corrected chi connectivity index (χ4v) is 2.04. The van der Waals surface area contributed by atoms with E-state index in [4.69, 9.17) is 0 Å². The zero-order chi connectivity index (χ0) is 11.8. The molecule has 1 aromatic carbocycles. The molecule has 0 atom stereocenters. The van der Waals surface area contributed by atoms with Crippen LogP contribution in [0.2, 0.25) is 0 Å². The molecule has 84 valence electrons. The Balaban J connectivity index is 2.17. The van der Waals surface area contributed by atoms with Gasteiger partial charge < -0.3 is 4.40 Å². The van der Waals surface area contributed by atoms with Crippen LogP contribution in [0.15, 0.2) is 48.8 Å². The number of imidazole rings is 1. The first-order valence-electron chi connectivity index (χ1n) is 5.75. The second kappa shape index (κ2) is 3.74. The van der Waals surface area contributed by atoms with Gasteiger partial charge in [0, 0.05) is 6.20 Å². The minimum absolute atomic E-state index is 1.02. The Kier molecular flexibility index (Phi) is 2.22. The Bertz CT molecular complexity index is 663. The van der Waals surface area contributed by atoms with Gasteiger partial charge in [0.05, 0.1) is 11.7 Å². The van der Waals surface area contributed by atoms with Gasteiger partial charge in [-0.1, -0.05) is 35.9 Å². The number of aryl methyl sites for hydroxylation is 2. The predicted octanol–water partition coefficient (Wildman–Crippen LogP) is 3.62. The summed E-state index contributed by atoms with van der Waals surface area (Å²) >= 11 is 0. The van der Waals surface area contributed by atoms with Crippen LogP contribution in [0.3, 0.4) is 0 Å². The smallest absolute Gasteiger partial charge is 0.110 e. The Labute approximate surface area is 101 Å². The number of benzene rings is 1. The lowest BCUT2D eigenvalue weighted by Crippen LogP contribution is -1.89. The maximum absolute atomic E-state index is 4.31. The highest BCUT2D eigenvalue weighted by Gasteiger charge is 2.01. The molecule has 0 unspecified atom stereocenters. The van der Waals surface area contributed by atoms with Crippen molar-refractivity contribution in [3.05, 3.63) is 60.2 Å². The zero-order valence-corrected chi connectivity index (χ0v) is 10.0. The van der Waals surface area contributed by atoms with Crippen LogP contribution in [0.4, 0.5) is 0 Å². The molecular weight excluding hydrogens is 208 g/mol. The quantitative estimate of drug-likeness (QED) is 0.614. The Morgan fingerprint density at radius 2 is 1.59 bits per heavy atom. The third kappa shape index (κ3) is 1.72. The summed E-state index contributed by atoms with van der Waals surface area (Å²) in [6, 6.07) is 12.8. The van der Waals surface area contributed by atoms with Gasteiger partial charge in [0.1, 0.15) is 5.82 Å². The van der Waals surface area contributed by atoms with E-state index in [-0.39, 0.29) is 0 Å². The van der Waals surface area contributed by atoms with Crippen LogP contribution in [-0.4, -0.2) is 9.38 Å². The van der Waals surface area contributed by atoms with Crippen LogP contribution in [0.5, 0.6) is 0 Å². The van der Waals surface area contributed by atoms with Crippen LogP contribution in [-0.2, 0) is 0 Å². The molecular formula is C15H14N2. The Morgan fingerprint density at radius 3 is 2.35 bits per heavy atom. The third-order valence-corrected chi connectivity index (χ3v) is 3.10. The van der Waals surface area contributed by atoms with E-state index in [0.717, 1.165) is 11.3 Å². The molecule has 0 radical (unpaired) electrons. The molecule has 0 fully saturated rings. The van der Waals surface area contributed by atoms with Gasteiger partial charge in [0.15, 0.2) is 0 Å². The molecule has 0 aliphatic carbocycles. The van der Waals surface area contributed by atoms with Crippen molar-refractivity contribution in [3.8, 4) is 11.1 Å². The molecule has 0 amide bonds. The summed E-state index contributed by atoms with van der Waals surface area (Å²) in [5.74, 6) is 1.02. The maximum atomic E-state index is 4.31. The van der Waals surface area contributed by atoms with Gasteiger partial charge in [-0.15, -0.1) is 0 Å². The highest BCUT2D eigenvalue weighted by Crippen LogP contribution is 2.21. The first kappa shape index (κ1) is 10.1. The molecule has 2 aromatic heterocycles. The molecule has 3 rings (SSSR count). The number of hydrogen-bond donors (Lipinski definition) is 0. The van der Waals surface area contributed by atoms with Crippen molar-refractivity contribution in [2.24, 2.45) is 0 Å². The van der Waals surface area contributed by atoms with Gasteiger partial charge in [-0.3, -0.25) is 0 Å². The largest absolute Gasteiger partial charge is 0.303 e. The summed E-state index contributed by atoms with van der Waals surface area (Å²) in [5.41, 5.74) is 4.89. The van der Waals surface area contributed by atoms with Crippen LogP contribution < -0.4 is 0 Å². The molecule has 0 spiro atoms. The first-order chi connectivity index (χ1) is 8.24.